The van der Waals surface area contributed by atoms with Crippen LogP contribution in [-0.2, 0) is 10.0 Å². The number of nitrogens with one attached hydrogen (secondary N) is 1. The van der Waals surface area contributed by atoms with Crippen molar-refractivity contribution in [3.05, 3.63) is 24.3 Å². The SMILES string of the molecule is COc1ccccc1OC[C@H](C)NS(C)(=O)=O. The van der Waals surface area contributed by atoms with Crippen LogP contribution in [0.2, 0.25) is 0 Å². The first-order chi connectivity index (χ1) is 7.92. The molecule has 1 rings (SSSR count). The molecule has 0 spiro atoms. The number of benzene rings is 1. The maximum Gasteiger partial charge on any atom is 0.209 e. The fraction of sp³-hybridized carbons (Fsp3) is 0.455. The zero-order valence-corrected chi connectivity index (χ0v) is 11.0. The van der Waals surface area contributed by atoms with Crippen molar-refractivity contribution in [1.29, 1.82) is 0 Å². The van der Waals surface area contributed by atoms with Crippen LogP contribution in [0.1, 0.15) is 6.92 Å². The number of hydrogen-bond donors (Lipinski definition) is 1. The summed E-state index contributed by atoms with van der Waals surface area (Å²) in [6.07, 6.45) is 1.12. The lowest BCUT2D eigenvalue weighted by Gasteiger charge is -2.15. The van der Waals surface area contributed by atoms with Gasteiger partial charge in [0.05, 0.1) is 19.4 Å². The first kappa shape index (κ1) is 13.8. The van der Waals surface area contributed by atoms with Gasteiger partial charge >= 0.3 is 0 Å². The van der Waals surface area contributed by atoms with Crippen molar-refractivity contribution in [1.82, 2.24) is 4.72 Å². The van der Waals surface area contributed by atoms with Gasteiger partial charge in [0.2, 0.25) is 10.0 Å². The highest BCUT2D eigenvalue weighted by molar-refractivity contribution is 7.88. The molecule has 0 amide bonds. The van der Waals surface area contributed by atoms with Crippen molar-refractivity contribution >= 4 is 10.0 Å². The van der Waals surface area contributed by atoms with E-state index in [4.69, 9.17) is 9.47 Å². The molecule has 0 aliphatic heterocycles. The Labute approximate surface area is 102 Å². The van der Waals surface area contributed by atoms with Crippen LogP contribution in [0.3, 0.4) is 0 Å². The van der Waals surface area contributed by atoms with Gasteiger partial charge in [-0.2, -0.15) is 0 Å². The van der Waals surface area contributed by atoms with E-state index in [1.165, 1.54) is 0 Å². The van der Waals surface area contributed by atoms with Crippen LogP contribution < -0.4 is 14.2 Å². The minimum absolute atomic E-state index is 0.243. The maximum atomic E-state index is 11.0. The van der Waals surface area contributed by atoms with Gasteiger partial charge in [-0.15, -0.1) is 0 Å². The smallest absolute Gasteiger partial charge is 0.209 e. The van der Waals surface area contributed by atoms with E-state index in [9.17, 15) is 8.42 Å². The van der Waals surface area contributed by atoms with Gasteiger partial charge in [-0.1, -0.05) is 12.1 Å². The van der Waals surface area contributed by atoms with E-state index >= 15 is 0 Å². The fourth-order valence-corrected chi connectivity index (χ4v) is 2.15. The molecule has 1 atom stereocenters. The number of para-hydroxylation sites is 2. The molecule has 0 bridgehead atoms. The number of hydrogen-bond acceptors (Lipinski definition) is 4. The van der Waals surface area contributed by atoms with Crippen LogP contribution in [0.25, 0.3) is 0 Å². The summed E-state index contributed by atoms with van der Waals surface area (Å²) in [5.41, 5.74) is 0. The van der Waals surface area contributed by atoms with Crippen molar-refractivity contribution in [2.45, 2.75) is 13.0 Å². The molecule has 96 valence electrons. The predicted molar refractivity (Wildman–Crippen MR) is 65.9 cm³/mol. The Bertz CT molecular complexity index is 458. The van der Waals surface area contributed by atoms with Gasteiger partial charge in [-0.25, -0.2) is 13.1 Å². The van der Waals surface area contributed by atoms with Gasteiger partial charge in [0.1, 0.15) is 6.61 Å². The summed E-state index contributed by atoms with van der Waals surface area (Å²) >= 11 is 0. The number of methoxy groups -OCH3 is 1. The van der Waals surface area contributed by atoms with Gasteiger partial charge in [-0.05, 0) is 19.1 Å². The van der Waals surface area contributed by atoms with E-state index in [-0.39, 0.29) is 12.6 Å². The van der Waals surface area contributed by atoms with Crippen LogP contribution >= 0.6 is 0 Å². The Morgan fingerprint density at radius 2 is 1.88 bits per heavy atom. The standard InChI is InChI=1S/C11H17NO4S/c1-9(12-17(3,13)14)8-16-11-7-5-4-6-10(11)15-2/h4-7,9,12H,8H2,1-3H3/t9-/m0/s1. The lowest BCUT2D eigenvalue weighted by Crippen LogP contribution is -2.35. The molecule has 0 fully saturated rings. The summed E-state index contributed by atoms with van der Waals surface area (Å²) in [5.74, 6) is 1.22. The second-order valence-electron chi connectivity index (χ2n) is 3.75. The summed E-state index contributed by atoms with van der Waals surface area (Å²) in [6, 6.07) is 6.92. The molecule has 0 aliphatic rings. The molecule has 0 aliphatic carbocycles. The fourth-order valence-electron chi connectivity index (χ4n) is 1.35. The molecule has 0 radical (unpaired) electrons. The van der Waals surface area contributed by atoms with Gasteiger partial charge in [0.25, 0.3) is 0 Å². The molecule has 1 aromatic rings. The third-order valence-electron chi connectivity index (χ3n) is 1.97. The quantitative estimate of drug-likeness (QED) is 0.828. The van der Waals surface area contributed by atoms with E-state index in [0.29, 0.717) is 11.5 Å². The van der Waals surface area contributed by atoms with Gasteiger partial charge in [-0.3, -0.25) is 0 Å². The molecule has 0 saturated heterocycles. The van der Waals surface area contributed by atoms with E-state index in [1.54, 1.807) is 26.2 Å². The molecule has 0 heterocycles. The second-order valence-corrected chi connectivity index (χ2v) is 5.53. The molecule has 0 unspecified atom stereocenters. The minimum atomic E-state index is -3.20. The largest absolute Gasteiger partial charge is 0.493 e. The third-order valence-corrected chi connectivity index (χ3v) is 2.80. The van der Waals surface area contributed by atoms with Gasteiger partial charge in [0.15, 0.2) is 11.5 Å². The highest BCUT2D eigenvalue weighted by Gasteiger charge is 2.10. The Kier molecular flexibility index (Phi) is 4.77. The third kappa shape index (κ3) is 5.06. The summed E-state index contributed by atoms with van der Waals surface area (Å²) in [7, 11) is -1.65. The average Bonchev–Trinajstić information content (AvgIpc) is 2.24. The number of ether oxygens (including phenoxy) is 2. The first-order valence-corrected chi connectivity index (χ1v) is 7.04. The lowest BCUT2D eigenvalue weighted by atomic mass is 10.3. The molecular weight excluding hydrogens is 242 g/mol. The zero-order chi connectivity index (χ0) is 12.9. The van der Waals surface area contributed by atoms with Crippen molar-refractivity contribution < 1.29 is 17.9 Å². The topological polar surface area (TPSA) is 64.6 Å². The van der Waals surface area contributed by atoms with Gasteiger partial charge in [0, 0.05) is 0 Å². The highest BCUT2D eigenvalue weighted by atomic mass is 32.2. The van der Waals surface area contributed by atoms with Gasteiger partial charge < -0.3 is 9.47 Å². The second kappa shape index (κ2) is 5.88. The van der Waals surface area contributed by atoms with Crippen LogP contribution in [-0.4, -0.2) is 34.4 Å². The molecule has 5 nitrogen and oxygen atoms in total. The molecule has 1 N–H and O–H groups in total. The van der Waals surface area contributed by atoms with Crippen LogP contribution in [0.15, 0.2) is 24.3 Å². The lowest BCUT2D eigenvalue weighted by molar-refractivity contribution is 0.271. The number of sulfonamides is 1. The summed E-state index contributed by atoms with van der Waals surface area (Å²) in [4.78, 5) is 0. The molecule has 6 heteroatoms. The van der Waals surface area contributed by atoms with E-state index in [1.807, 2.05) is 12.1 Å². The van der Waals surface area contributed by atoms with Crippen molar-refractivity contribution in [3.63, 3.8) is 0 Å². The number of rotatable bonds is 6. The normalized spacial score (nSPS) is 13.1. The molecule has 1 aromatic carbocycles. The Morgan fingerprint density at radius 1 is 1.29 bits per heavy atom. The molecule has 17 heavy (non-hydrogen) atoms. The highest BCUT2D eigenvalue weighted by Crippen LogP contribution is 2.25. The summed E-state index contributed by atoms with van der Waals surface area (Å²) in [5, 5.41) is 0. The van der Waals surface area contributed by atoms with Crippen molar-refractivity contribution in [3.8, 4) is 11.5 Å². The Balaban J connectivity index is 2.55. The predicted octanol–water partition coefficient (Wildman–Crippen LogP) is 1.01. The van der Waals surface area contributed by atoms with Crippen LogP contribution in [0.4, 0.5) is 0 Å². The van der Waals surface area contributed by atoms with E-state index < -0.39 is 10.0 Å². The van der Waals surface area contributed by atoms with Crippen LogP contribution in [0.5, 0.6) is 11.5 Å². The zero-order valence-electron chi connectivity index (χ0n) is 10.1. The monoisotopic (exact) mass is 259 g/mol. The summed E-state index contributed by atoms with van der Waals surface area (Å²) < 4.78 is 35.0. The van der Waals surface area contributed by atoms with E-state index in [2.05, 4.69) is 4.72 Å². The Morgan fingerprint density at radius 3 is 2.41 bits per heavy atom. The average molecular weight is 259 g/mol. The van der Waals surface area contributed by atoms with Crippen molar-refractivity contribution in [2.75, 3.05) is 20.0 Å². The minimum Gasteiger partial charge on any atom is -0.493 e. The molecule has 0 saturated carbocycles. The summed E-state index contributed by atoms with van der Waals surface area (Å²) in [6.45, 7) is 1.98. The Hall–Kier alpha value is -1.27. The van der Waals surface area contributed by atoms with Crippen LogP contribution in [0, 0.1) is 0 Å². The molecule has 0 aromatic heterocycles. The molecular formula is C11H17NO4S. The maximum absolute atomic E-state index is 11.0. The first-order valence-electron chi connectivity index (χ1n) is 5.15. The van der Waals surface area contributed by atoms with E-state index in [0.717, 1.165) is 6.26 Å². The van der Waals surface area contributed by atoms with Crippen molar-refractivity contribution in [2.24, 2.45) is 0 Å².